The van der Waals surface area contributed by atoms with Crippen LogP contribution in [0.4, 0.5) is 0 Å². The number of benzene rings is 1. The van der Waals surface area contributed by atoms with Crippen LogP contribution in [0.25, 0.3) is 0 Å². The van der Waals surface area contributed by atoms with Gasteiger partial charge in [-0.05, 0) is 17.2 Å². The number of nitrogens with zero attached hydrogens (tertiary/aromatic N) is 1. The van der Waals surface area contributed by atoms with E-state index in [2.05, 4.69) is 5.32 Å². The van der Waals surface area contributed by atoms with Crippen LogP contribution in [0.1, 0.15) is 23.3 Å². The third-order valence-electron chi connectivity index (χ3n) is 5.95. The van der Waals surface area contributed by atoms with Gasteiger partial charge in [0.2, 0.25) is 5.91 Å². The number of ether oxygens (including phenoxy) is 3. The van der Waals surface area contributed by atoms with Crippen LogP contribution in [0.15, 0.2) is 29.5 Å². The molecule has 0 aliphatic carbocycles. The van der Waals surface area contributed by atoms with Crippen molar-refractivity contribution in [3.63, 3.8) is 0 Å². The van der Waals surface area contributed by atoms with Gasteiger partial charge in [0, 0.05) is 31.8 Å². The third kappa shape index (κ3) is 4.31. The molecule has 36 heavy (non-hydrogen) atoms. The van der Waals surface area contributed by atoms with Gasteiger partial charge in [0.25, 0.3) is 21.8 Å². The van der Waals surface area contributed by atoms with Crippen LogP contribution in [-0.2, 0) is 45.2 Å². The molecule has 0 bridgehead atoms. The van der Waals surface area contributed by atoms with E-state index in [1.54, 1.807) is 0 Å². The zero-order valence-electron chi connectivity index (χ0n) is 19.0. The van der Waals surface area contributed by atoms with Crippen LogP contribution in [0.2, 0.25) is 0 Å². The third-order valence-corrected chi connectivity index (χ3v) is 8.40. The predicted molar refractivity (Wildman–Crippen MR) is 122 cm³/mol. The summed E-state index contributed by atoms with van der Waals surface area (Å²) in [5, 5.41) is 8.84. The maximum atomic E-state index is 13.2. The van der Waals surface area contributed by atoms with Crippen molar-refractivity contribution in [1.29, 1.82) is 0 Å². The standard InChI is InChI=1S/C21H22N2O11S2/c1-10(24)34-8-13-9-35-20-21(32-2,19(28)23(20)15(13)18(26)27)22-17(25)16(36(29,30)31)12-3-4-14-11(7-12)5-6-33-14/h3-4,7,16,20H,5-6,8-9H2,1-2H3,(H,22,25)(H,26,27)(H,29,30,31). The molecule has 15 heteroatoms. The van der Waals surface area contributed by atoms with Gasteiger partial charge >= 0.3 is 11.9 Å². The van der Waals surface area contributed by atoms with Crippen LogP contribution < -0.4 is 10.1 Å². The molecule has 194 valence electrons. The molecule has 3 aliphatic rings. The number of esters is 1. The average Bonchev–Trinajstić information content (AvgIpc) is 3.27. The fourth-order valence-electron chi connectivity index (χ4n) is 4.32. The van der Waals surface area contributed by atoms with Gasteiger partial charge in [-0.25, -0.2) is 4.79 Å². The van der Waals surface area contributed by atoms with Gasteiger partial charge in [0.1, 0.15) is 23.4 Å². The summed E-state index contributed by atoms with van der Waals surface area (Å²) < 4.78 is 49.9. The summed E-state index contributed by atoms with van der Waals surface area (Å²) in [6.45, 7) is 1.19. The molecule has 0 radical (unpaired) electrons. The van der Waals surface area contributed by atoms with Crippen molar-refractivity contribution < 1.29 is 51.5 Å². The molecule has 0 aromatic heterocycles. The van der Waals surface area contributed by atoms with E-state index in [0.717, 1.165) is 30.7 Å². The highest BCUT2D eigenvalue weighted by molar-refractivity contribution is 8.00. The Kier molecular flexibility index (Phi) is 6.76. The Bertz CT molecular complexity index is 1290. The summed E-state index contributed by atoms with van der Waals surface area (Å²) in [5.74, 6) is -3.74. The van der Waals surface area contributed by atoms with Crippen LogP contribution in [0.3, 0.4) is 0 Å². The van der Waals surface area contributed by atoms with E-state index in [4.69, 9.17) is 14.2 Å². The van der Waals surface area contributed by atoms with E-state index in [9.17, 15) is 37.3 Å². The van der Waals surface area contributed by atoms with Crippen molar-refractivity contribution in [3.8, 4) is 5.75 Å². The lowest BCUT2D eigenvalue weighted by Crippen LogP contribution is -2.81. The van der Waals surface area contributed by atoms with Gasteiger partial charge in [-0.2, -0.15) is 8.42 Å². The summed E-state index contributed by atoms with van der Waals surface area (Å²) in [5.41, 5.74) is -1.74. The van der Waals surface area contributed by atoms with Crippen molar-refractivity contribution in [2.45, 2.75) is 29.7 Å². The first-order chi connectivity index (χ1) is 16.9. The minimum Gasteiger partial charge on any atom is -0.493 e. The van der Waals surface area contributed by atoms with Gasteiger partial charge in [0.15, 0.2) is 5.25 Å². The number of amides is 2. The number of hydrogen-bond acceptors (Lipinski definition) is 10. The molecular weight excluding hydrogens is 520 g/mol. The van der Waals surface area contributed by atoms with E-state index in [0.29, 0.717) is 24.3 Å². The first-order valence-electron chi connectivity index (χ1n) is 10.5. The fourth-order valence-corrected chi connectivity index (χ4v) is 6.56. The zero-order valence-corrected chi connectivity index (χ0v) is 20.7. The van der Waals surface area contributed by atoms with Crippen LogP contribution in [0, 0.1) is 0 Å². The summed E-state index contributed by atoms with van der Waals surface area (Å²) in [7, 11) is -3.89. The number of β-lactam (4-membered cyclic amide) rings is 1. The van der Waals surface area contributed by atoms with E-state index < -0.39 is 55.9 Å². The Morgan fingerprint density at radius 1 is 1.36 bits per heavy atom. The lowest BCUT2D eigenvalue weighted by molar-refractivity contribution is -0.192. The van der Waals surface area contributed by atoms with E-state index in [1.165, 1.54) is 18.2 Å². The highest BCUT2D eigenvalue weighted by Gasteiger charge is 2.67. The Labute approximate surface area is 209 Å². The van der Waals surface area contributed by atoms with Crippen molar-refractivity contribution >= 4 is 45.6 Å². The van der Waals surface area contributed by atoms with Crippen LogP contribution in [-0.4, -0.2) is 83.9 Å². The monoisotopic (exact) mass is 542 g/mol. The van der Waals surface area contributed by atoms with Gasteiger partial charge in [-0.3, -0.25) is 23.8 Å². The second-order valence-corrected chi connectivity index (χ2v) is 10.7. The van der Waals surface area contributed by atoms with Crippen LogP contribution >= 0.6 is 11.8 Å². The number of carbonyl (C=O) groups excluding carboxylic acids is 3. The number of carboxylic acid groups (broad SMARTS) is 1. The maximum Gasteiger partial charge on any atom is 0.352 e. The molecule has 3 unspecified atom stereocenters. The molecule has 1 aromatic carbocycles. The number of nitrogens with one attached hydrogen (secondary N) is 1. The van der Waals surface area contributed by atoms with Gasteiger partial charge < -0.3 is 24.6 Å². The predicted octanol–water partition coefficient (Wildman–Crippen LogP) is -0.174. The lowest BCUT2D eigenvalue weighted by atomic mass is 9.97. The van der Waals surface area contributed by atoms with E-state index in [1.807, 2.05) is 0 Å². The van der Waals surface area contributed by atoms with Crippen molar-refractivity contribution in [2.24, 2.45) is 0 Å². The molecule has 3 N–H and O–H groups in total. The molecule has 4 rings (SSSR count). The summed E-state index contributed by atoms with van der Waals surface area (Å²) in [6.07, 6.45) is 0.483. The first kappa shape index (κ1) is 25.9. The highest BCUT2D eigenvalue weighted by Crippen LogP contribution is 2.47. The average molecular weight is 543 g/mol. The molecule has 13 nitrogen and oxygen atoms in total. The smallest absolute Gasteiger partial charge is 0.352 e. The Morgan fingerprint density at radius 2 is 2.08 bits per heavy atom. The zero-order chi connectivity index (χ0) is 26.4. The normalized spacial score (nSPS) is 23.7. The number of rotatable bonds is 8. The quantitative estimate of drug-likeness (QED) is 0.171. The topological polar surface area (TPSA) is 186 Å². The molecule has 3 atom stereocenters. The van der Waals surface area contributed by atoms with Crippen molar-refractivity contribution in [1.82, 2.24) is 10.2 Å². The number of carboxylic acids is 1. The highest BCUT2D eigenvalue weighted by atomic mass is 32.2. The molecule has 1 fully saturated rings. The van der Waals surface area contributed by atoms with Crippen LogP contribution in [0.5, 0.6) is 5.75 Å². The molecule has 3 aliphatic heterocycles. The fraction of sp³-hybridized carbons (Fsp3) is 0.429. The number of fused-ring (bicyclic) bond motifs is 2. The number of thioether (sulfide) groups is 1. The second-order valence-electron chi connectivity index (χ2n) is 8.17. The number of hydrogen-bond donors (Lipinski definition) is 3. The first-order valence-corrected chi connectivity index (χ1v) is 13.1. The Balaban J connectivity index is 1.64. The molecule has 3 heterocycles. The van der Waals surface area contributed by atoms with Crippen molar-refractivity contribution in [3.05, 3.63) is 40.6 Å². The molecule has 1 saturated heterocycles. The number of carbonyl (C=O) groups is 4. The molecular formula is C21H22N2O11S2. The Hall–Kier alpha value is -3.14. The minimum atomic E-state index is -4.99. The maximum absolute atomic E-state index is 13.2. The Morgan fingerprint density at radius 3 is 2.69 bits per heavy atom. The van der Waals surface area contributed by atoms with E-state index >= 15 is 0 Å². The van der Waals surface area contributed by atoms with Gasteiger partial charge in [-0.1, -0.05) is 12.1 Å². The van der Waals surface area contributed by atoms with Gasteiger partial charge in [-0.15, -0.1) is 11.8 Å². The summed E-state index contributed by atoms with van der Waals surface area (Å²) in [4.78, 5) is 50.4. The molecule has 1 aromatic rings. The second kappa shape index (κ2) is 9.38. The lowest BCUT2D eigenvalue weighted by Gasteiger charge is -2.55. The molecule has 0 spiro atoms. The number of methoxy groups -OCH3 is 1. The molecule has 2 amide bonds. The van der Waals surface area contributed by atoms with Gasteiger partial charge in [0.05, 0.1) is 6.61 Å². The molecule has 0 saturated carbocycles. The summed E-state index contributed by atoms with van der Waals surface area (Å²) in [6, 6.07) is 4.23. The van der Waals surface area contributed by atoms with E-state index in [-0.39, 0.29) is 23.5 Å². The largest absolute Gasteiger partial charge is 0.493 e. The minimum absolute atomic E-state index is 0.0247. The number of aliphatic carboxylic acids is 1. The van der Waals surface area contributed by atoms with Crippen molar-refractivity contribution in [2.75, 3.05) is 26.1 Å². The summed E-state index contributed by atoms with van der Waals surface area (Å²) >= 11 is 1.03. The SMILES string of the molecule is COC1(NC(=O)C(c2ccc3c(c2)CCO3)S(=O)(=O)O)C(=O)N2C(C(=O)O)=C(COC(C)=O)CSC21.